The molecule has 0 aromatic rings. The summed E-state index contributed by atoms with van der Waals surface area (Å²) in [6.07, 6.45) is 3.26. The number of hydrogen-bond acceptors (Lipinski definition) is 12. The fourth-order valence-corrected chi connectivity index (χ4v) is 2.89. The van der Waals surface area contributed by atoms with Crippen LogP contribution in [0.25, 0.3) is 0 Å². The second kappa shape index (κ2) is 23.2. The third-order valence-electron chi connectivity index (χ3n) is 4.76. The lowest BCUT2D eigenvalue weighted by atomic mass is 10.0. The Bertz CT molecular complexity index is 850. The van der Waals surface area contributed by atoms with Gasteiger partial charge in [-0.2, -0.15) is 0 Å². The number of rotatable bonds is 16. The third-order valence-corrected chi connectivity index (χ3v) is 4.76. The van der Waals surface area contributed by atoms with Crippen molar-refractivity contribution in [2.75, 3.05) is 39.6 Å². The van der Waals surface area contributed by atoms with Crippen molar-refractivity contribution in [1.82, 2.24) is 0 Å². The first-order valence-corrected chi connectivity index (χ1v) is 13.5. The van der Waals surface area contributed by atoms with Gasteiger partial charge in [-0.05, 0) is 66.5 Å². The second-order valence-electron chi connectivity index (χ2n) is 7.54. The molecule has 0 heterocycles. The van der Waals surface area contributed by atoms with Gasteiger partial charge in [0.1, 0.15) is 5.57 Å². The maximum atomic E-state index is 11.8. The highest BCUT2D eigenvalue weighted by Gasteiger charge is 2.29. The van der Waals surface area contributed by atoms with E-state index < -0.39 is 47.7 Å². The maximum absolute atomic E-state index is 11.8. The van der Waals surface area contributed by atoms with Crippen LogP contribution in [0.5, 0.6) is 0 Å². The molecule has 40 heavy (non-hydrogen) atoms. The first kappa shape index (κ1) is 38.4. The highest BCUT2D eigenvalue weighted by atomic mass is 16.6. The molecular weight excluding hydrogens is 528 g/mol. The van der Waals surface area contributed by atoms with E-state index >= 15 is 0 Å². The van der Waals surface area contributed by atoms with Gasteiger partial charge in [0.05, 0.1) is 45.6 Å². The van der Waals surface area contributed by atoms with Gasteiger partial charge in [-0.1, -0.05) is 13.8 Å². The minimum atomic E-state index is -1.24. The standard InChI is InChI=1S/2C14H22O6/c2*1-5-10(12(15)18-6-2)9-11(13(16)19-7-3)14(17)20-8-4/h9,11H,5-8H2,1-4H3;9-10H,5-8H2,1-4H3/b10-9+;. The number of hydrogen-bond donors (Lipinski definition) is 0. The second-order valence-corrected chi connectivity index (χ2v) is 7.54. The van der Waals surface area contributed by atoms with Crippen molar-refractivity contribution < 1.29 is 57.2 Å². The summed E-state index contributed by atoms with van der Waals surface area (Å²) in [6, 6.07) is 0. The number of esters is 6. The van der Waals surface area contributed by atoms with Crippen molar-refractivity contribution in [3.63, 3.8) is 0 Å². The van der Waals surface area contributed by atoms with E-state index in [1.54, 1.807) is 55.4 Å². The summed E-state index contributed by atoms with van der Waals surface area (Å²) in [5.41, 5.74) is -0.0217. The van der Waals surface area contributed by atoms with E-state index in [1.165, 1.54) is 12.2 Å². The third kappa shape index (κ3) is 15.0. The maximum Gasteiger partial charge on any atom is 0.345 e. The average Bonchev–Trinajstić information content (AvgIpc) is 2.90. The molecule has 0 amide bonds. The van der Waals surface area contributed by atoms with E-state index in [1.807, 2.05) is 0 Å². The van der Waals surface area contributed by atoms with Gasteiger partial charge in [0.15, 0.2) is 5.92 Å². The van der Waals surface area contributed by atoms with Gasteiger partial charge in [-0.25, -0.2) is 14.4 Å². The Kier molecular flexibility index (Phi) is 22.3. The quantitative estimate of drug-likeness (QED) is 0.0875. The zero-order chi connectivity index (χ0) is 31.1. The molecule has 0 spiro atoms. The molecule has 12 nitrogen and oxygen atoms in total. The summed E-state index contributed by atoms with van der Waals surface area (Å²) in [6.45, 7) is 14.4. The number of carbonyl (C=O) groups excluding carboxylic acids is 6. The predicted molar refractivity (Wildman–Crippen MR) is 144 cm³/mol. The molecule has 0 saturated carbocycles. The first-order valence-electron chi connectivity index (χ1n) is 13.5. The van der Waals surface area contributed by atoms with E-state index in [9.17, 15) is 28.8 Å². The Morgan fingerprint density at radius 1 is 0.500 bits per heavy atom. The monoisotopic (exact) mass is 572 g/mol. The summed E-state index contributed by atoms with van der Waals surface area (Å²) in [5.74, 6) is -6.02. The summed E-state index contributed by atoms with van der Waals surface area (Å²) >= 11 is 0. The van der Waals surface area contributed by atoms with Gasteiger partial charge < -0.3 is 28.4 Å². The predicted octanol–water partition coefficient (Wildman–Crippen LogP) is 3.26. The summed E-state index contributed by atoms with van der Waals surface area (Å²) in [7, 11) is 0. The van der Waals surface area contributed by atoms with Crippen LogP contribution >= 0.6 is 0 Å². The normalized spacial score (nSPS) is 11.2. The van der Waals surface area contributed by atoms with Gasteiger partial charge >= 0.3 is 35.8 Å². The van der Waals surface area contributed by atoms with E-state index in [4.69, 9.17) is 28.4 Å². The van der Waals surface area contributed by atoms with E-state index in [-0.39, 0.29) is 50.8 Å². The van der Waals surface area contributed by atoms with Crippen molar-refractivity contribution >= 4 is 35.8 Å². The van der Waals surface area contributed by atoms with Crippen molar-refractivity contribution in [2.45, 2.75) is 68.2 Å². The molecule has 12 heteroatoms. The lowest BCUT2D eigenvalue weighted by Crippen LogP contribution is -2.27. The molecule has 1 atom stereocenters. The van der Waals surface area contributed by atoms with Gasteiger partial charge in [0.2, 0.25) is 0 Å². The molecule has 0 aliphatic rings. The molecule has 0 rings (SSSR count). The first-order chi connectivity index (χ1) is 19.0. The highest BCUT2D eigenvalue weighted by molar-refractivity contribution is 6.14. The van der Waals surface area contributed by atoms with Crippen LogP contribution in [0.4, 0.5) is 0 Å². The van der Waals surface area contributed by atoms with Crippen LogP contribution in [-0.4, -0.2) is 75.5 Å². The van der Waals surface area contributed by atoms with Gasteiger partial charge in [-0.3, -0.25) is 14.4 Å². The van der Waals surface area contributed by atoms with Crippen LogP contribution in [0.15, 0.2) is 23.3 Å². The molecule has 0 fully saturated rings. The fraction of sp³-hybridized carbons (Fsp3) is 0.643. The van der Waals surface area contributed by atoms with Gasteiger partial charge in [0.25, 0.3) is 0 Å². The van der Waals surface area contributed by atoms with Crippen LogP contribution in [0.1, 0.15) is 68.2 Å². The zero-order valence-electron chi connectivity index (χ0n) is 24.9. The molecule has 0 radical (unpaired) electrons. The molecule has 0 saturated heterocycles. The Labute approximate surface area is 236 Å². The largest absolute Gasteiger partial charge is 0.466 e. The number of ether oxygens (including phenoxy) is 6. The molecule has 0 aliphatic heterocycles. The summed E-state index contributed by atoms with van der Waals surface area (Å²) < 4.78 is 29.0. The topological polar surface area (TPSA) is 158 Å². The van der Waals surface area contributed by atoms with Crippen LogP contribution in [-0.2, 0) is 57.2 Å². The van der Waals surface area contributed by atoms with Gasteiger partial charge in [-0.15, -0.1) is 0 Å². The SMILES string of the molecule is CCOC(=O)/C(=C/C(C(=O)OCC)C(=O)OCC)CC.CCOC(=O)C(=CC(CC)C(=O)OCC)C(=O)OCC. The lowest BCUT2D eigenvalue weighted by molar-refractivity contribution is -0.159. The Hall–Kier alpha value is -3.70. The molecule has 0 aliphatic carbocycles. The fourth-order valence-electron chi connectivity index (χ4n) is 2.89. The van der Waals surface area contributed by atoms with Crippen molar-refractivity contribution in [3.8, 4) is 0 Å². The molecule has 0 N–H and O–H groups in total. The lowest BCUT2D eigenvalue weighted by Gasteiger charge is -2.12. The van der Waals surface area contributed by atoms with Crippen molar-refractivity contribution in [3.05, 3.63) is 23.3 Å². The Morgan fingerprint density at radius 2 is 0.875 bits per heavy atom. The van der Waals surface area contributed by atoms with Crippen molar-refractivity contribution in [1.29, 1.82) is 0 Å². The molecule has 228 valence electrons. The van der Waals surface area contributed by atoms with Crippen LogP contribution in [0.2, 0.25) is 0 Å². The van der Waals surface area contributed by atoms with E-state index in [2.05, 4.69) is 0 Å². The summed E-state index contributed by atoms with van der Waals surface area (Å²) in [4.78, 5) is 70.4. The van der Waals surface area contributed by atoms with E-state index in [0.29, 0.717) is 12.8 Å². The van der Waals surface area contributed by atoms with Crippen LogP contribution < -0.4 is 0 Å². The Morgan fingerprint density at radius 3 is 1.23 bits per heavy atom. The number of carbonyl (C=O) groups is 6. The van der Waals surface area contributed by atoms with Crippen molar-refractivity contribution in [2.24, 2.45) is 11.8 Å². The summed E-state index contributed by atoms with van der Waals surface area (Å²) in [5, 5.41) is 0. The Balaban J connectivity index is 0. The smallest absolute Gasteiger partial charge is 0.345 e. The minimum absolute atomic E-state index is 0.131. The zero-order valence-corrected chi connectivity index (χ0v) is 24.9. The molecule has 0 bridgehead atoms. The molecule has 0 aromatic heterocycles. The minimum Gasteiger partial charge on any atom is -0.466 e. The van der Waals surface area contributed by atoms with Crippen LogP contribution in [0, 0.1) is 11.8 Å². The molecular formula is C28H44O12. The van der Waals surface area contributed by atoms with Gasteiger partial charge in [0, 0.05) is 5.57 Å². The molecule has 1 unspecified atom stereocenters. The van der Waals surface area contributed by atoms with Crippen LogP contribution in [0.3, 0.4) is 0 Å². The molecule has 0 aromatic carbocycles. The van der Waals surface area contributed by atoms with E-state index in [0.717, 1.165) is 0 Å². The average molecular weight is 573 g/mol. The highest BCUT2D eigenvalue weighted by Crippen LogP contribution is 2.14.